The van der Waals surface area contributed by atoms with Gasteiger partial charge in [0, 0.05) is 39.4 Å². The number of halogens is 5. The van der Waals surface area contributed by atoms with E-state index in [9.17, 15) is 22.0 Å². The van der Waals surface area contributed by atoms with Crippen LogP contribution in [0.1, 0.15) is 30.0 Å². The van der Waals surface area contributed by atoms with E-state index in [4.69, 9.17) is 14.2 Å². The number of likely N-dealkylation sites (tertiary alicyclic amines) is 1. The minimum Gasteiger partial charge on any atom is -0.487 e. The molecule has 0 amide bonds. The molecule has 192 valence electrons. The van der Waals surface area contributed by atoms with Crippen LogP contribution >= 0.6 is 0 Å². The Kier molecular flexibility index (Phi) is 6.91. The van der Waals surface area contributed by atoms with Crippen LogP contribution in [-0.2, 0) is 17.9 Å². The van der Waals surface area contributed by atoms with E-state index in [0.717, 1.165) is 31.5 Å². The molecule has 3 heterocycles. The van der Waals surface area contributed by atoms with Crippen LogP contribution in [0.2, 0.25) is 0 Å². The zero-order chi connectivity index (χ0) is 25.3. The third-order valence-electron chi connectivity index (χ3n) is 5.86. The zero-order valence-corrected chi connectivity index (χ0v) is 19.2. The summed E-state index contributed by atoms with van der Waals surface area (Å²) in [4.78, 5) is 19.1. The second-order valence-electron chi connectivity index (χ2n) is 8.74. The molecule has 0 radical (unpaired) electrons. The van der Waals surface area contributed by atoms with Gasteiger partial charge in [0.05, 0.1) is 12.2 Å². The van der Waals surface area contributed by atoms with Gasteiger partial charge in [0.25, 0.3) is 0 Å². The lowest BCUT2D eigenvalue weighted by molar-refractivity contribution is -0.290. The summed E-state index contributed by atoms with van der Waals surface area (Å²) < 4.78 is 73.2. The normalized spacial score (nSPS) is 18.4. The maximum Gasteiger partial charge on any atom is 0.456 e. The van der Waals surface area contributed by atoms with Crippen LogP contribution in [0, 0.1) is 6.92 Å². The number of aromatic nitrogens is 1. The van der Waals surface area contributed by atoms with Crippen molar-refractivity contribution in [1.82, 2.24) is 20.3 Å². The lowest BCUT2D eigenvalue weighted by atomic mass is 10.0. The lowest BCUT2D eigenvalue weighted by Crippen LogP contribution is -2.43. The van der Waals surface area contributed by atoms with Gasteiger partial charge in [0.2, 0.25) is 5.96 Å². The number of guanidine groups is 1. The smallest absolute Gasteiger partial charge is 0.456 e. The highest BCUT2D eigenvalue weighted by Gasteiger charge is 2.58. The number of ether oxygens (including phenoxy) is 1. The summed E-state index contributed by atoms with van der Waals surface area (Å²) >= 11 is 0. The number of aryl methyl sites for hydroxylation is 1. The van der Waals surface area contributed by atoms with E-state index in [1.54, 1.807) is 25.3 Å². The fourth-order valence-electron chi connectivity index (χ4n) is 3.75. The number of alkyl halides is 5. The van der Waals surface area contributed by atoms with Crippen LogP contribution in [0.25, 0.3) is 0 Å². The molecule has 1 aromatic heterocycles. The van der Waals surface area contributed by atoms with Crippen molar-refractivity contribution >= 4 is 5.96 Å². The first-order valence-corrected chi connectivity index (χ1v) is 11.0. The summed E-state index contributed by atoms with van der Waals surface area (Å²) in [5.41, 5.74) is 3.69. The first kappa shape index (κ1) is 25.2. The minimum atomic E-state index is -5.67. The molecule has 1 fully saturated rings. The van der Waals surface area contributed by atoms with Crippen LogP contribution < -0.4 is 10.2 Å². The number of hydroxylamine groups is 1. The predicted molar refractivity (Wildman–Crippen MR) is 115 cm³/mol. The number of hydrogen-bond donors (Lipinski definition) is 1. The lowest BCUT2D eigenvalue weighted by Gasteiger charge is -2.33. The van der Waals surface area contributed by atoms with Gasteiger partial charge in [-0.05, 0) is 24.7 Å². The van der Waals surface area contributed by atoms with Crippen molar-refractivity contribution in [2.45, 2.75) is 50.7 Å². The molecule has 2 aromatic rings. The number of nitrogens with zero attached hydrogens (tertiary/aromatic N) is 4. The molecule has 0 bridgehead atoms. The van der Waals surface area contributed by atoms with E-state index >= 15 is 0 Å². The summed E-state index contributed by atoms with van der Waals surface area (Å²) in [5.74, 6) is -4.00. The van der Waals surface area contributed by atoms with Crippen LogP contribution in [0.5, 0.6) is 5.75 Å². The Hall–Kier alpha value is -2.93. The largest absolute Gasteiger partial charge is 0.487 e. The quantitative estimate of drug-likeness (QED) is 0.575. The average molecular weight is 503 g/mol. The number of hydrogen-bond acceptors (Lipinski definition) is 8. The van der Waals surface area contributed by atoms with Gasteiger partial charge in [0.15, 0.2) is 18.2 Å². The topological polar surface area (TPSA) is 75.4 Å². The Balaban J connectivity index is 1.46. The van der Waals surface area contributed by atoms with Gasteiger partial charge in [-0.15, -0.1) is 0 Å². The highest BCUT2D eigenvalue weighted by molar-refractivity contribution is 5.80. The Bertz CT molecular complexity index is 1030. The van der Waals surface area contributed by atoms with Crippen LogP contribution in [0.15, 0.2) is 39.9 Å². The molecular weight excluding hydrogens is 477 g/mol. The molecule has 0 saturated carbocycles. The minimum absolute atomic E-state index is 0.0960. The van der Waals surface area contributed by atoms with Crippen molar-refractivity contribution in [3.63, 3.8) is 0 Å². The molecule has 8 nitrogen and oxygen atoms in total. The van der Waals surface area contributed by atoms with E-state index in [1.807, 2.05) is 11.9 Å². The summed E-state index contributed by atoms with van der Waals surface area (Å²) in [6.45, 7) is 2.31. The first-order valence-electron chi connectivity index (χ1n) is 11.0. The standard InChI is InChI=1S/C22H26F5N5O3/c1-15-28-17(13-33-15)12-32(19-29-20(35-30-19)7-9-31(2)10-8-20)11-16-3-5-18(6-4-16)34-14-21(23,24)22(25,26)27/h3-6,13H,7-12,14H2,1-2H3,(H,29,30). The molecular formula is C22H26F5N5O3. The maximum atomic E-state index is 13.1. The van der Waals surface area contributed by atoms with E-state index in [-0.39, 0.29) is 5.75 Å². The van der Waals surface area contributed by atoms with Crippen molar-refractivity contribution in [2.24, 2.45) is 4.99 Å². The van der Waals surface area contributed by atoms with E-state index < -0.39 is 24.4 Å². The molecule has 0 atom stereocenters. The fraction of sp³-hybridized carbons (Fsp3) is 0.545. The van der Waals surface area contributed by atoms with E-state index in [0.29, 0.717) is 30.6 Å². The molecule has 1 aromatic carbocycles. The van der Waals surface area contributed by atoms with Crippen LogP contribution in [-0.4, -0.2) is 65.3 Å². The number of nitrogens with one attached hydrogen (secondary N) is 1. The zero-order valence-electron chi connectivity index (χ0n) is 19.2. The van der Waals surface area contributed by atoms with Gasteiger partial charge in [-0.3, -0.25) is 0 Å². The average Bonchev–Trinajstić information content (AvgIpc) is 3.40. The Morgan fingerprint density at radius 3 is 2.40 bits per heavy atom. The summed E-state index contributed by atoms with van der Waals surface area (Å²) in [7, 11) is 2.04. The van der Waals surface area contributed by atoms with Gasteiger partial charge >= 0.3 is 12.1 Å². The highest BCUT2D eigenvalue weighted by Crippen LogP contribution is 2.36. The van der Waals surface area contributed by atoms with Gasteiger partial charge < -0.3 is 19.0 Å². The molecule has 13 heteroatoms. The van der Waals surface area contributed by atoms with E-state index in [2.05, 4.69) is 20.1 Å². The number of oxazole rings is 1. The monoisotopic (exact) mass is 503 g/mol. The van der Waals surface area contributed by atoms with Gasteiger partial charge in [0.1, 0.15) is 12.0 Å². The third kappa shape index (κ3) is 6.01. The van der Waals surface area contributed by atoms with Crippen molar-refractivity contribution in [1.29, 1.82) is 0 Å². The maximum absolute atomic E-state index is 13.1. The molecule has 2 aliphatic rings. The van der Waals surface area contributed by atoms with Crippen LogP contribution in [0.3, 0.4) is 0 Å². The summed E-state index contributed by atoms with van der Waals surface area (Å²) in [6.07, 6.45) is -2.67. The number of aliphatic imine (C=N–C) groups is 1. The number of piperidine rings is 1. The molecule has 2 aliphatic heterocycles. The Morgan fingerprint density at radius 2 is 1.80 bits per heavy atom. The van der Waals surface area contributed by atoms with Crippen molar-refractivity contribution in [3.8, 4) is 5.75 Å². The van der Waals surface area contributed by atoms with Crippen molar-refractivity contribution in [2.75, 3.05) is 26.7 Å². The molecule has 0 unspecified atom stereocenters. The molecule has 4 rings (SSSR count). The molecule has 1 spiro atoms. The SMILES string of the molecule is Cc1nc(CN(Cc2ccc(OCC(F)(F)C(F)(F)F)cc2)C2=NC3(CCN(C)CC3)ON2)co1. The van der Waals surface area contributed by atoms with Crippen LogP contribution in [0.4, 0.5) is 22.0 Å². The first-order chi connectivity index (χ1) is 16.4. The van der Waals surface area contributed by atoms with Gasteiger partial charge in [-0.1, -0.05) is 12.1 Å². The second kappa shape index (κ2) is 9.61. The fourth-order valence-corrected chi connectivity index (χ4v) is 3.75. The predicted octanol–water partition coefficient (Wildman–Crippen LogP) is 3.87. The Labute approximate surface area is 198 Å². The van der Waals surface area contributed by atoms with Crippen molar-refractivity contribution < 1.29 is 35.9 Å². The number of benzene rings is 1. The Morgan fingerprint density at radius 1 is 1.11 bits per heavy atom. The second-order valence-corrected chi connectivity index (χ2v) is 8.74. The molecule has 1 saturated heterocycles. The molecule has 1 N–H and O–H groups in total. The molecule has 0 aliphatic carbocycles. The summed E-state index contributed by atoms with van der Waals surface area (Å²) in [5, 5.41) is 0. The third-order valence-corrected chi connectivity index (χ3v) is 5.86. The highest BCUT2D eigenvalue weighted by atomic mass is 19.4. The van der Waals surface area contributed by atoms with Gasteiger partial charge in [-0.25, -0.2) is 20.3 Å². The van der Waals surface area contributed by atoms with Crippen molar-refractivity contribution in [3.05, 3.63) is 47.7 Å². The van der Waals surface area contributed by atoms with E-state index in [1.165, 1.54) is 12.1 Å². The molecule has 35 heavy (non-hydrogen) atoms. The summed E-state index contributed by atoms with van der Waals surface area (Å²) in [6, 6.07) is 5.87. The number of rotatable bonds is 7. The van der Waals surface area contributed by atoms with Gasteiger partial charge in [-0.2, -0.15) is 22.0 Å².